The van der Waals surface area contributed by atoms with Gasteiger partial charge in [-0.25, -0.2) is 4.79 Å². The molecule has 4 rings (SSSR count). The Balaban J connectivity index is 1.44. The van der Waals surface area contributed by atoms with Crippen LogP contribution in [0.15, 0.2) is 66.7 Å². The largest absolute Gasteiger partial charge is 0.489 e. The molecule has 0 aliphatic heterocycles. The summed E-state index contributed by atoms with van der Waals surface area (Å²) < 4.78 is 6.34. The normalized spacial score (nSPS) is 14.8. The first-order chi connectivity index (χ1) is 21.3. The summed E-state index contributed by atoms with van der Waals surface area (Å²) in [5.74, 6) is 6.92. The third kappa shape index (κ3) is 10.0. The van der Waals surface area contributed by atoms with Gasteiger partial charge in [-0.1, -0.05) is 81.3 Å². The highest BCUT2D eigenvalue weighted by Gasteiger charge is 2.28. The van der Waals surface area contributed by atoms with Crippen molar-refractivity contribution in [2.24, 2.45) is 11.8 Å². The van der Waals surface area contributed by atoms with E-state index in [0.717, 1.165) is 81.1 Å². The fourth-order valence-electron chi connectivity index (χ4n) is 6.32. The SMILES string of the molecule is CC(C)C#Cc1ccc(COc2ccccc2CCC(CCCCCCC(=O)O)C2CCCc3cc(C(=O)O)ccc32)cc1. The second kappa shape index (κ2) is 16.7. The lowest BCUT2D eigenvalue weighted by Crippen LogP contribution is -2.20. The van der Waals surface area contributed by atoms with Gasteiger partial charge < -0.3 is 14.9 Å². The van der Waals surface area contributed by atoms with Crippen molar-refractivity contribution in [2.45, 2.75) is 97.0 Å². The third-order valence-electron chi connectivity index (χ3n) is 8.65. The summed E-state index contributed by atoms with van der Waals surface area (Å²) in [6.45, 7) is 4.67. The zero-order valence-electron chi connectivity index (χ0n) is 26.2. The summed E-state index contributed by atoms with van der Waals surface area (Å²) in [5, 5.41) is 18.5. The van der Waals surface area contributed by atoms with E-state index >= 15 is 0 Å². The Morgan fingerprint density at radius 2 is 1.70 bits per heavy atom. The van der Waals surface area contributed by atoms with Crippen LogP contribution in [0, 0.1) is 23.7 Å². The first-order valence-corrected chi connectivity index (χ1v) is 16.2. The number of aliphatic carboxylic acids is 1. The number of fused-ring (bicyclic) bond motifs is 1. The zero-order chi connectivity index (χ0) is 31.3. The minimum absolute atomic E-state index is 0.235. The van der Waals surface area contributed by atoms with Crippen LogP contribution >= 0.6 is 0 Å². The molecule has 3 aromatic rings. The molecule has 0 heterocycles. The van der Waals surface area contributed by atoms with E-state index in [2.05, 4.69) is 62.1 Å². The molecule has 5 nitrogen and oxygen atoms in total. The number of rotatable bonds is 15. The van der Waals surface area contributed by atoms with E-state index in [1.54, 1.807) is 6.07 Å². The molecule has 0 bridgehead atoms. The molecule has 0 aromatic heterocycles. The molecular formula is C39H46O5. The topological polar surface area (TPSA) is 83.8 Å². The van der Waals surface area contributed by atoms with Crippen LogP contribution in [0.1, 0.15) is 116 Å². The number of benzene rings is 3. The number of carboxylic acid groups (broad SMARTS) is 2. The van der Waals surface area contributed by atoms with E-state index in [0.29, 0.717) is 29.9 Å². The molecule has 3 aromatic carbocycles. The quantitative estimate of drug-likeness (QED) is 0.135. The minimum Gasteiger partial charge on any atom is -0.489 e. The molecule has 0 saturated heterocycles. The van der Waals surface area contributed by atoms with Crippen molar-refractivity contribution < 1.29 is 24.5 Å². The van der Waals surface area contributed by atoms with Crippen LogP contribution in [0.25, 0.3) is 0 Å². The first kappa shape index (κ1) is 32.9. The molecule has 1 aliphatic carbocycles. The van der Waals surface area contributed by atoms with Gasteiger partial charge >= 0.3 is 11.9 Å². The van der Waals surface area contributed by atoms with Gasteiger partial charge in [-0.15, -0.1) is 0 Å². The Morgan fingerprint density at radius 1 is 0.932 bits per heavy atom. The number of para-hydroxylation sites is 1. The van der Waals surface area contributed by atoms with Crippen molar-refractivity contribution in [1.82, 2.24) is 0 Å². The maximum atomic E-state index is 11.6. The zero-order valence-corrected chi connectivity index (χ0v) is 26.2. The van der Waals surface area contributed by atoms with Crippen LogP contribution in [0.4, 0.5) is 0 Å². The molecule has 0 fully saturated rings. The maximum Gasteiger partial charge on any atom is 0.335 e. The number of carbonyl (C=O) groups is 2. The van der Waals surface area contributed by atoms with Crippen molar-refractivity contribution in [3.8, 4) is 17.6 Å². The molecule has 5 heteroatoms. The Hall–Kier alpha value is -4.04. The van der Waals surface area contributed by atoms with Crippen LogP contribution in [-0.2, 0) is 24.2 Å². The van der Waals surface area contributed by atoms with Gasteiger partial charge in [0, 0.05) is 17.9 Å². The van der Waals surface area contributed by atoms with Crippen molar-refractivity contribution in [3.63, 3.8) is 0 Å². The van der Waals surface area contributed by atoms with Crippen molar-refractivity contribution >= 4 is 11.9 Å². The molecule has 0 radical (unpaired) electrons. The summed E-state index contributed by atoms with van der Waals surface area (Å²) in [5.41, 5.74) is 6.18. The second-order valence-corrected chi connectivity index (χ2v) is 12.4. The lowest BCUT2D eigenvalue weighted by atomic mass is 9.72. The number of ether oxygens (including phenoxy) is 1. The van der Waals surface area contributed by atoms with Gasteiger partial charge in [0.2, 0.25) is 0 Å². The fraction of sp³-hybridized carbons (Fsp3) is 0.436. The highest BCUT2D eigenvalue weighted by molar-refractivity contribution is 5.88. The predicted octanol–water partition coefficient (Wildman–Crippen LogP) is 9.07. The summed E-state index contributed by atoms with van der Waals surface area (Å²) in [6.07, 6.45) is 10.1. The Bertz CT molecular complexity index is 1440. The van der Waals surface area contributed by atoms with E-state index < -0.39 is 11.9 Å². The Labute approximate surface area is 262 Å². The molecule has 1 aliphatic rings. The molecule has 2 atom stereocenters. The standard InChI is InChI=1S/C39H46O5/c1-28(2)16-17-29-18-20-30(21-19-29)27-44-37-14-8-7-11-32(37)23-22-31(10-5-3-4-6-15-38(40)41)35-13-9-12-33-26-34(39(42)43)24-25-36(33)35/h7-8,11,14,18-21,24-26,28,31,35H,3-6,9-10,12-13,15,22-23,27H2,1-2H3,(H,40,41)(H,42,43). The first-order valence-electron chi connectivity index (χ1n) is 16.2. The Kier molecular flexibility index (Phi) is 12.5. The number of aryl methyl sites for hydroxylation is 2. The van der Waals surface area contributed by atoms with Crippen LogP contribution < -0.4 is 4.74 Å². The summed E-state index contributed by atoms with van der Waals surface area (Å²) in [7, 11) is 0. The van der Waals surface area contributed by atoms with Gasteiger partial charge in [-0.2, -0.15) is 0 Å². The van der Waals surface area contributed by atoms with Crippen LogP contribution in [0.5, 0.6) is 5.75 Å². The monoisotopic (exact) mass is 594 g/mol. The molecule has 232 valence electrons. The summed E-state index contributed by atoms with van der Waals surface area (Å²) in [4.78, 5) is 22.5. The van der Waals surface area contributed by atoms with E-state index in [1.165, 1.54) is 16.7 Å². The van der Waals surface area contributed by atoms with Crippen molar-refractivity contribution in [1.29, 1.82) is 0 Å². The lowest BCUT2D eigenvalue weighted by molar-refractivity contribution is -0.137. The lowest BCUT2D eigenvalue weighted by Gasteiger charge is -2.33. The van der Waals surface area contributed by atoms with Crippen LogP contribution in [-0.4, -0.2) is 22.2 Å². The number of unbranched alkanes of at least 4 members (excludes halogenated alkanes) is 3. The number of aromatic carboxylic acids is 1. The summed E-state index contributed by atoms with van der Waals surface area (Å²) in [6, 6.07) is 22.3. The van der Waals surface area contributed by atoms with Crippen LogP contribution in [0.3, 0.4) is 0 Å². The molecule has 0 saturated carbocycles. The van der Waals surface area contributed by atoms with Gasteiger partial charge in [0.1, 0.15) is 12.4 Å². The third-order valence-corrected chi connectivity index (χ3v) is 8.65. The van der Waals surface area contributed by atoms with E-state index in [9.17, 15) is 14.7 Å². The van der Waals surface area contributed by atoms with Crippen molar-refractivity contribution in [2.75, 3.05) is 0 Å². The molecular weight excluding hydrogens is 548 g/mol. The van der Waals surface area contributed by atoms with Crippen LogP contribution in [0.2, 0.25) is 0 Å². The van der Waals surface area contributed by atoms with Crippen molar-refractivity contribution in [3.05, 3.63) is 100 Å². The minimum atomic E-state index is -0.875. The average Bonchev–Trinajstić information content (AvgIpc) is 3.02. The van der Waals surface area contributed by atoms with E-state index in [1.807, 2.05) is 24.3 Å². The molecule has 2 unspecified atom stereocenters. The number of hydrogen-bond acceptors (Lipinski definition) is 3. The molecule has 2 N–H and O–H groups in total. The number of carboxylic acids is 2. The number of hydrogen-bond donors (Lipinski definition) is 2. The highest BCUT2D eigenvalue weighted by Crippen LogP contribution is 2.42. The molecule has 0 amide bonds. The van der Waals surface area contributed by atoms with Gasteiger partial charge in [0.15, 0.2) is 0 Å². The Morgan fingerprint density at radius 3 is 2.45 bits per heavy atom. The summed E-state index contributed by atoms with van der Waals surface area (Å²) >= 11 is 0. The van der Waals surface area contributed by atoms with Gasteiger partial charge in [-0.3, -0.25) is 4.79 Å². The average molecular weight is 595 g/mol. The van der Waals surface area contributed by atoms with E-state index in [-0.39, 0.29) is 6.42 Å². The molecule has 0 spiro atoms. The maximum absolute atomic E-state index is 11.6. The van der Waals surface area contributed by atoms with Gasteiger partial charge in [0.05, 0.1) is 5.56 Å². The molecule has 44 heavy (non-hydrogen) atoms. The second-order valence-electron chi connectivity index (χ2n) is 12.4. The van der Waals surface area contributed by atoms with Gasteiger partial charge in [-0.05, 0) is 109 Å². The highest BCUT2D eigenvalue weighted by atomic mass is 16.5. The smallest absolute Gasteiger partial charge is 0.335 e. The van der Waals surface area contributed by atoms with Gasteiger partial charge in [0.25, 0.3) is 0 Å². The van der Waals surface area contributed by atoms with E-state index in [4.69, 9.17) is 9.84 Å². The predicted molar refractivity (Wildman–Crippen MR) is 175 cm³/mol. The fourth-order valence-corrected chi connectivity index (χ4v) is 6.32.